The van der Waals surface area contributed by atoms with Crippen LogP contribution in [-0.4, -0.2) is 48.1 Å². The van der Waals surface area contributed by atoms with Crippen molar-refractivity contribution in [2.45, 2.75) is 0 Å². The lowest BCUT2D eigenvalue weighted by molar-refractivity contribution is 0.313. The lowest BCUT2D eigenvalue weighted by Gasteiger charge is -2.34. The van der Waals surface area contributed by atoms with E-state index in [-0.39, 0.29) is 0 Å². The molecule has 0 unspecified atom stereocenters. The van der Waals surface area contributed by atoms with Gasteiger partial charge in [-0.1, -0.05) is 0 Å². The molecule has 0 spiro atoms. The second-order valence-corrected chi connectivity index (χ2v) is 4.91. The molecule has 0 N–H and O–H groups in total. The largest absolute Gasteiger partial charge is 0.369 e. The lowest BCUT2D eigenvalue weighted by atomic mass is 10.1. The van der Waals surface area contributed by atoms with Crippen LogP contribution in [0.2, 0.25) is 0 Å². The summed E-state index contributed by atoms with van der Waals surface area (Å²) >= 11 is 0. The SMILES string of the molecule is CN1CCN(c2ccc(-c3ncccn3)cc2)CC1. The minimum atomic E-state index is 0.785. The van der Waals surface area contributed by atoms with Crippen molar-refractivity contribution in [3.05, 3.63) is 42.7 Å². The van der Waals surface area contributed by atoms with E-state index in [1.54, 1.807) is 12.4 Å². The molecule has 0 atom stereocenters. The first-order chi connectivity index (χ1) is 9.33. The maximum atomic E-state index is 4.27. The highest BCUT2D eigenvalue weighted by atomic mass is 15.2. The Morgan fingerprint density at radius 2 is 1.53 bits per heavy atom. The number of aromatic nitrogens is 2. The summed E-state index contributed by atoms with van der Waals surface area (Å²) in [7, 11) is 2.17. The average Bonchev–Trinajstić information content (AvgIpc) is 2.49. The molecule has 1 aromatic heterocycles. The summed E-state index contributed by atoms with van der Waals surface area (Å²) in [6.07, 6.45) is 3.55. The van der Waals surface area contributed by atoms with E-state index in [9.17, 15) is 0 Å². The number of piperazine rings is 1. The minimum absolute atomic E-state index is 0.785. The van der Waals surface area contributed by atoms with E-state index < -0.39 is 0 Å². The Labute approximate surface area is 113 Å². The summed E-state index contributed by atoms with van der Waals surface area (Å²) in [5.41, 5.74) is 2.35. The molecule has 4 nitrogen and oxygen atoms in total. The molecular formula is C15H18N4. The van der Waals surface area contributed by atoms with Gasteiger partial charge in [0.25, 0.3) is 0 Å². The molecule has 0 radical (unpaired) electrons. The molecule has 1 saturated heterocycles. The van der Waals surface area contributed by atoms with Crippen LogP contribution in [0.15, 0.2) is 42.7 Å². The van der Waals surface area contributed by atoms with Crippen molar-refractivity contribution >= 4 is 5.69 Å². The molecule has 0 bridgehead atoms. The van der Waals surface area contributed by atoms with Crippen LogP contribution in [0, 0.1) is 0 Å². The Balaban J connectivity index is 1.76. The molecule has 1 aliphatic heterocycles. The molecule has 2 aromatic rings. The van der Waals surface area contributed by atoms with E-state index in [4.69, 9.17) is 0 Å². The van der Waals surface area contributed by atoms with Gasteiger partial charge in [-0.2, -0.15) is 0 Å². The van der Waals surface area contributed by atoms with Crippen LogP contribution in [0.5, 0.6) is 0 Å². The van der Waals surface area contributed by atoms with Crippen molar-refractivity contribution in [3.8, 4) is 11.4 Å². The fourth-order valence-electron chi connectivity index (χ4n) is 2.33. The predicted octanol–water partition coefficient (Wildman–Crippen LogP) is 1.90. The van der Waals surface area contributed by atoms with Crippen molar-refractivity contribution in [2.75, 3.05) is 38.1 Å². The van der Waals surface area contributed by atoms with Crippen molar-refractivity contribution < 1.29 is 0 Å². The molecule has 0 amide bonds. The lowest BCUT2D eigenvalue weighted by Crippen LogP contribution is -2.44. The van der Waals surface area contributed by atoms with E-state index in [1.165, 1.54) is 5.69 Å². The Morgan fingerprint density at radius 1 is 0.895 bits per heavy atom. The first-order valence-electron chi connectivity index (χ1n) is 6.64. The highest BCUT2D eigenvalue weighted by Crippen LogP contribution is 2.21. The molecule has 1 fully saturated rings. The first kappa shape index (κ1) is 12.1. The number of rotatable bonds is 2. The summed E-state index contributed by atoms with van der Waals surface area (Å²) in [6, 6.07) is 10.4. The maximum Gasteiger partial charge on any atom is 0.159 e. The third kappa shape index (κ3) is 2.74. The molecule has 1 aliphatic rings. The normalized spacial score (nSPS) is 16.6. The summed E-state index contributed by atoms with van der Waals surface area (Å²) in [4.78, 5) is 13.3. The molecule has 19 heavy (non-hydrogen) atoms. The van der Waals surface area contributed by atoms with Gasteiger partial charge >= 0.3 is 0 Å². The summed E-state index contributed by atoms with van der Waals surface area (Å²) in [6.45, 7) is 4.45. The minimum Gasteiger partial charge on any atom is -0.369 e. The van der Waals surface area contributed by atoms with Crippen LogP contribution < -0.4 is 4.90 Å². The van der Waals surface area contributed by atoms with Gasteiger partial charge in [-0.3, -0.25) is 0 Å². The molecule has 3 rings (SSSR count). The topological polar surface area (TPSA) is 32.3 Å². The zero-order chi connectivity index (χ0) is 13.1. The average molecular weight is 254 g/mol. The third-order valence-electron chi connectivity index (χ3n) is 3.56. The molecule has 1 aromatic carbocycles. The van der Waals surface area contributed by atoms with Crippen molar-refractivity contribution in [2.24, 2.45) is 0 Å². The third-order valence-corrected chi connectivity index (χ3v) is 3.56. The monoisotopic (exact) mass is 254 g/mol. The highest BCUT2D eigenvalue weighted by Gasteiger charge is 2.14. The van der Waals surface area contributed by atoms with E-state index >= 15 is 0 Å². The molecule has 2 heterocycles. The highest BCUT2D eigenvalue weighted by molar-refractivity contribution is 5.60. The summed E-state index contributed by atoms with van der Waals surface area (Å²) in [5.74, 6) is 0.785. The Bertz CT molecular complexity index is 516. The number of nitrogens with zero attached hydrogens (tertiary/aromatic N) is 4. The van der Waals surface area contributed by atoms with Gasteiger partial charge in [0.2, 0.25) is 0 Å². The fourth-order valence-corrected chi connectivity index (χ4v) is 2.33. The van der Waals surface area contributed by atoms with E-state index in [1.807, 2.05) is 6.07 Å². The van der Waals surface area contributed by atoms with Gasteiger partial charge < -0.3 is 9.80 Å². The fraction of sp³-hybridized carbons (Fsp3) is 0.333. The van der Waals surface area contributed by atoms with Crippen LogP contribution in [0.3, 0.4) is 0 Å². The second kappa shape index (κ2) is 5.36. The van der Waals surface area contributed by atoms with Gasteiger partial charge in [0.15, 0.2) is 5.82 Å². The Hall–Kier alpha value is -1.94. The standard InChI is InChI=1S/C15H18N4/c1-18-9-11-19(12-10-18)14-5-3-13(4-6-14)15-16-7-2-8-17-15/h2-8H,9-12H2,1H3. The van der Waals surface area contributed by atoms with Gasteiger partial charge in [-0.25, -0.2) is 9.97 Å². The van der Waals surface area contributed by atoms with Crippen molar-refractivity contribution in [1.82, 2.24) is 14.9 Å². The second-order valence-electron chi connectivity index (χ2n) is 4.91. The van der Waals surface area contributed by atoms with Crippen molar-refractivity contribution in [1.29, 1.82) is 0 Å². The van der Waals surface area contributed by atoms with Gasteiger partial charge in [0, 0.05) is 49.8 Å². The zero-order valence-corrected chi connectivity index (χ0v) is 11.2. The molecule has 0 saturated carbocycles. The van der Waals surface area contributed by atoms with Gasteiger partial charge in [0.05, 0.1) is 0 Å². The summed E-state index contributed by atoms with van der Waals surface area (Å²) < 4.78 is 0. The number of hydrogen-bond donors (Lipinski definition) is 0. The molecule has 98 valence electrons. The van der Waals surface area contributed by atoms with E-state index in [0.717, 1.165) is 37.6 Å². The van der Waals surface area contributed by atoms with Crippen LogP contribution in [0.4, 0.5) is 5.69 Å². The summed E-state index contributed by atoms with van der Waals surface area (Å²) in [5, 5.41) is 0. The van der Waals surface area contributed by atoms with Crippen LogP contribution in [0.1, 0.15) is 0 Å². The van der Waals surface area contributed by atoms with Gasteiger partial charge in [-0.15, -0.1) is 0 Å². The van der Waals surface area contributed by atoms with Gasteiger partial charge in [0.1, 0.15) is 0 Å². The van der Waals surface area contributed by atoms with Crippen LogP contribution in [-0.2, 0) is 0 Å². The Morgan fingerprint density at radius 3 is 2.16 bits per heavy atom. The van der Waals surface area contributed by atoms with Crippen LogP contribution in [0.25, 0.3) is 11.4 Å². The smallest absolute Gasteiger partial charge is 0.159 e. The van der Waals surface area contributed by atoms with Crippen LogP contribution >= 0.6 is 0 Å². The van der Waals surface area contributed by atoms with E-state index in [2.05, 4.69) is 51.1 Å². The van der Waals surface area contributed by atoms with Crippen molar-refractivity contribution in [3.63, 3.8) is 0 Å². The first-order valence-corrected chi connectivity index (χ1v) is 6.64. The zero-order valence-electron chi connectivity index (χ0n) is 11.2. The van der Waals surface area contributed by atoms with Gasteiger partial charge in [-0.05, 0) is 37.4 Å². The predicted molar refractivity (Wildman–Crippen MR) is 77.2 cm³/mol. The molecular weight excluding hydrogens is 236 g/mol. The number of likely N-dealkylation sites (N-methyl/N-ethyl adjacent to an activating group) is 1. The van der Waals surface area contributed by atoms with E-state index in [0.29, 0.717) is 0 Å². The molecule has 4 heteroatoms. The number of anilines is 1. The Kier molecular flexibility index (Phi) is 3.42. The quantitative estimate of drug-likeness (QED) is 0.819. The molecule has 0 aliphatic carbocycles. The number of hydrogen-bond acceptors (Lipinski definition) is 4. The maximum absolute atomic E-state index is 4.27. The number of benzene rings is 1.